The quantitative estimate of drug-likeness (QED) is 0.675. The molecule has 2 aromatic rings. The van der Waals surface area contributed by atoms with Gasteiger partial charge in [0.2, 0.25) is 0 Å². The zero-order chi connectivity index (χ0) is 14.9. The highest BCUT2D eigenvalue weighted by Crippen LogP contribution is 2.25. The first-order valence-corrected chi connectivity index (χ1v) is 5.65. The summed E-state index contributed by atoms with van der Waals surface area (Å²) in [5.41, 5.74) is -1.02. The summed E-state index contributed by atoms with van der Waals surface area (Å²) in [5, 5.41) is 9.76. The maximum atomic E-state index is 13.4. The Labute approximate surface area is 111 Å². The van der Waals surface area contributed by atoms with Gasteiger partial charge in [-0.3, -0.25) is 0 Å². The van der Waals surface area contributed by atoms with E-state index < -0.39 is 52.7 Å². The van der Waals surface area contributed by atoms with Crippen LogP contribution < -0.4 is 0 Å². The average molecular weight is 288 g/mol. The number of rotatable bonds is 3. The van der Waals surface area contributed by atoms with Crippen LogP contribution in [-0.4, -0.2) is 5.11 Å². The van der Waals surface area contributed by atoms with Crippen molar-refractivity contribution in [2.75, 3.05) is 0 Å². The van der Waals surface area contributed by atoms with Crippen molar-refractivity contribution in [2.24, 2.45) is 0 Å². The Hall–Kier alpha value is -1.95. The van der Waals surface area contributed by atoms with Crippen LogP contribution in [0.1, 0.15) is 17.2 Å². The summed E-state index contributed by atoms with van der Waals surface area (Å²) in [7, 11) is 0. The highest BCUT2D eigenvalue weighted by molar-refractivity contribution is 5.26. The highest BCUT2D eigenvalue weighted by atomic mass is 19.2. The molecule has 0 saturated carbocycles. The van der Waals surface area contributed by atoms with Gasteiger partial charge in [-0.15, -0.1) is 0 Å². The molecule has 0 heterocycles. The number of benzene rings is 2. The van der Waals surface area contributed by atoms with E-state index in [1.807, 2.05) is 0 Å². The highest BCUT2D eigenvalue weighted by Gasteiger charge is 2.20. The maximum absolute atomic E-state index is 13.4. The van der Waals surface area contributed by atoms with Crippen molar-refractivity contribution in [2.45, 2.75) is 12.5 Å². The Bertz CT molecular complexity index is 621. The summed E-state index contributed by atoms with van der Waals surface area (Å²) in [4.78, 5) is 0. The van der Waals surface area contributed by atoms with E-state index in [9.17, 15) is 27.1 Å². The van der Waals surface area contributed by atoms with Crippen molar-refractivity contribution < 1.29 is 27.1 Å². The third kappa shape index (κ3) is 2.80. The number of aliphatic hydroxyl groups excluding tert-OH is 1. The van der Waals surface area contributed by atoms with E-state index in [0.717, 1.165) is 18.2 Å². The average Bonchev–Trinajstić information content (AvgIpc) is 2.38. The number of halogens is 5. The number of hydrogen-bond donors (Lipinski definition) is 1. The third-order valence-electron chi connectivity index (χ3n) is 2.86. The summed E-state index contributed by atoms with van der Waals surface area (Å²) in [6.45, 7) is 0. The summed E-state index contributed by atoms with van der Waals surface area (Å²) in [5.74, 6) is -5.77. The van der Waals surface area contributed by atoms with Crippen molar-refractivity contribution in [3.63, 3.8) is 0 Å². The van der Waals surface area contributed by atoms with E-state index >= 15 is 0 Å². The van der Waals surface area contributed by atoms with Gasteiger partial charge in [-0.05, 0) is 18.2 Å². The predicted octanol–water partition coefficient (Wildman–Crippen LogP) is 3.66. The molecule has 0 aliphatic carbocycles. The fourth-order valence-electron chi connectivity index (χ4n) is 1.82. The van der Waals surface area contributed by atoms with Gasteiger partial charge in [0.05, 0.1) is 6.10 Å². The lowest BCUT2D eigenvalue weighted by Gasteiger charge is -2.13. The predicted molar refractivity (Wildman–Crippen MR) is 61.3 cm³/mol. The molecule has 20 heavy (non-hydrogen) atoms. The van der Waals surface area contributed by atoms with E-state index in [1.54, 1.807) is 0 Å². The third-order valence-corrected chi connectivity index (χ3v) is 2.86. The smallest absolute Gasteiger partial charge is 0.161 e. The van der Waals surface area contributed by atoms with E-state index in [-0.39, 0.29) is 6.07 Å². The first-order chi connectivity index (χ1) is 9.40. The van der Waals surface area contributed by atoms with Crippen LogP contribution in [0.5, 0.6) is 0 Å². The second-order valence-corrected chi connectivity index (χ2v) is 4.21. The SMILES string of the molecule is OC(Cc1c(F)cccc1F)c1cc(F)c(F)cc1F. The Kier molecular flexibility index (Phi) is 4.04. The lowest BCUT2D eigenvalue weighted by atomic mass is 10.00. The van der Waals surface area contributed by atoms with Gasteiger partial charge in [-0.1, -0.05) is 6.07 Å². The van der Waals surface area contributed by atoms with Gasteiger partial charge in [-0.25, -0.2) is 22.0 Å². The molecule has 2 rings (SSSR count). The van der Waals surface area contributed by atoms with Gasteiger partial charge in [0.15, 0.2) is 11.6 Å². The molecular weight excluding hydrogens is 279 g/mol. The van der Waals surface area contributed by atoms with Crippen LogP contribution in [0.15, 0.2) is 30.3 Å². The van der Waals surface area contributed by atoms with E-state index in [1.165, 1.54) is 0 Å². The van der Waals surface area contributed by atoms with Crippen molar-refractivity contribution in [1.29, 1.82) is 0 Å². The summed E-state index contributed by atoms with van der Waals surface area (Å²) in [6.07, 6.45) is -2.29. The van der Waals surface area contributed by atoms with Crippen molar-refractivity contribution in [3.8, 4) is 0 Å². The first-order valence-electron chi connectivity index (χ1n) is 5.65. The van der Waals surface area contributed by atoms with Crippen LogP contribution in [0.4, 0.5) is 22.0 Å². The molecule has 0 aliphatic rings. The maximum Gasteiger partial charge on any atom is 0.161 e. The molecule has 0 aliphatic heterocycles. The zero-order valence-electron chi connectivity index (χ0n) is 10.0. The molecule has 0 spiro atoms. The Morgan fingerprint density at radius 1 is 0.800 bits per heavy atom. The Morgan fingerprint density at radius 3 is 1.95 bits per heavy atom. The fourth-order valence-corrected chi connectivity index (χ4v) is 1.82. The second-order valence-electron chi connectivity index (χ2n) is 4.21. The van der Waals surface area contributed by atoms with Gasteiger partial charge in [0.25, 0.3) is 0 Å². The van der Waals surface area contributed by atoms with Crippen LogP contribution >= 0.6 is 0 Å². The summed E-state index contributed by atoms with van der Waals surface area (Å²) < 4.78 is 66.0. The van der Waals surface area contributed by atoms with Crippen molar-refractivity contribution >= 4 is 0 Å². The standard InChI is InChI=1S/C14H9F5O/c15-9-2-1-3-10(16)7(9)5-14(20)8-4-12(18)13(19)6-11(8)17/h1-4,6,14,20H,5H2. The normalized spacial score (nSPS) is 12.5. The molecule has 0 amide bonds. The molecule has 2 aromatic carbocycles. The molecule has 6 heteroatoms. The minimum Gasteiger partial charge on any atom is -0.388 e. The van der Waals surface area contributed by atoms with E-state index in [2.05, 4.69) is 0 Å². The van der Waals surface area contributed by atoms with Crippen LogP contribution in [0, 0.1) is 29.1 Å². The molecule has 0 fully saturated rings. The summed E-state index contributed by atoms with van der Waals surface area (Å²) in [6, 6.07) is 3.83. The van der Waals surface area contributed by atoms with E-state index in [4.69, 9.17) is 0 Å². The number of hydrogen-bond acceptors (Lipinski definition) is 1. The Balaban J connectivity index is 2.33. The fraction of sp³-hybridized carbons (Fsp3) is 0.143. The van der Waals surface area contributed by atoms with E-state index in [0.29, 0.717) is 6.07 Å². The molecular formula is C14H9F5O. The largest absolute Gasteiger partial charge is 0.388 e. The lowest BCUT2D eigenvalue weighted by molar-refractivity contribution is 0.170. The minimum absolute atomic E-state index is 0.269. The molecule has 0 aromatic heterocycles. The minimum atomic E-state index is -1.70. The van der Waals surface area contributed by atoms with Gasteiger partial charge in [-0.2, -0.15) is 0 Å². The topological polar surface area (TPSA) is 20.2 Å². The molecule has 0 saturated heterocycles. The summed E-state index contributed by atoms with van der Waals surface area (Å²) >= 11 is 0. The molecule has 106 valence electrons. The molecule has 1 N–H and O–H groups in total. The zero-order valence-corrected chi connectivity index (χ0v) is 10.0. The van der Waals surface area contributed by atoms with Gasteiger partial charge in [0, 0.05) is 23.6 Å². The Morgan fingerprint density at radius 2 is 1.35 bits per heavy atom. The van der Waals surface area contributed by atoms with Gasteiger partial charge >= 0.3 is 0 Å². The first kappa shape index (κ1) is 14.5. The van der Waals surface area contributed by atoms with Crippen LogP contribution in [-0.2, 0) is 6.42 Å². The van der Waals surface area contributed by atoms with Crippen molar-refractivity contribution in [3.05, 3.63) is 70.5 Å². The van der Waals surface area contributed by atoms with Crippen LogP contribution in [0.25, 0.3) is 0 Å². The number of aliphatic hydroxyl groups is 1. The van der Waals surface area contributed by atoms with Crippen LogP contribution in [0.3, 0.4) is 0 Å². The molecule has 0 radical (unpaired) electrons. The van der Waals surface area contributed by atoms with Crippen LogP contribution in [0.2, 0.25) is 0 Å². The molecule has 1 unspecified atom stereocenters. The monoisotopic (exact) mass is 288 g/mol. The molecule has 1 nitrogen and oxygen atoms in total. The van der Waals surface area contributed by atoms with Crippen molar-refractivity contribution in [1.82, 2.24) is 0 Å². The van der Waals surface area contributed by atoms with Gasteiger partial charge < -0.3 is 5.11 Å². The molecule has 1 atom stereocenters. The second kappa shape index (κ2) is 5.58. The molecule has 0 bridgehead atoms. The lowest BCUT2D eigenvalue weighted by Crippen LogP contribution is -2.08. The van der Waals surface area contributed by atoms with Gasteiger partial charge in [0.1, 0.15) is 17.5 Å².